The van der Waals surface area contributed by atoms with Crippen molar-refractivity contribution in [2.75, 3.05) is 11.9 Å². The molecule has 0 unspecified atom stereocenters. The number of halogens is 1. The molecule has 144 valence electrons. The molecule has 4 rings (SSSR count). The molecule has 0 aliphatic heterocycles. The molecule has 0 aliphatic rings. The van der Waals surface area contributed by atoms with Gasteiger partial charge in [0.2, 0.25) is 5.13 Å². The fraction of sp³-hybridized carbons (Fsp3) is 0.0455. The number of amides is 1. The van der Waals surface area contributed by atoms with Gasteiger partial charge in [0.1, 0.15) is 16.6 Å². The van der Waals surface area contributed by atoms with Crippen molar-refractivity contribution in [3.8, 4) is 27.4 Å². The van der Waals surface area contributed by atoms with Gasteiger partial charge in [-0.15, -0.1) is 10.2 Å². The van der Waals surface area contributed by atoms with Crippen molar-refractivity contribution in [1.82, 2.24) is 10.2 Å². The quantitative estimate of drug-likeness (QED) is 0.489. The van der Waals surface area contributed by atoms with Crippen molar-refractivity contribution in [3.63, 3.8) is 0 Å². The fourth-order valence-electron chi connectivity index (χ4n) is 2.68. The van der Waals surface area contributed by atoms with E-state index in [-0.39, 0.29) is 18.3 Å². The molecule has 1 N–H and O–H groups in total. The SMILES string of the molecule is O=C(COc1ccccc1)Nc1nnc(-c2ccc(-c3cccc(F)c3)cc2)s1. The van der Waals surface area contributed by atoms with Gasteiger partial charge in [0.15, 0.2) is 6.61 Å². The van der Waals surface area contributed by atoms with E-state index >= 15 is 0 Å². The minimum absolute atomic E-state index is 0.110. The fourth-order valence-corrected chi connectivity index (χ4v) is 3.45. The lowest BCUT2D eigenvalue weighted by Crippen LogP contribution is -2.20. The van der Waals surface area contributed by atoms with Gasteiger partial charge in [-0.25, -0.2) is 4.39 Å². The van der Waals surface area contributed by atoms with Crippen LogP contribution in [0.1, 0.15) is 0 Å². The highest BCUT2D eigenvalue weighted by atomic mass is 32.1. The Morgan fingerprint density at radius 1 is 0.897 bits per heavy atom. The average molecular weight is 405 g/mol. The highest BCUT2D eigenvalue weighted by molar-refractivity contribution is 7.18. The lowest BCUT2D eigenvalue weighted by molar-refractivity contribution is -0.118. The number of ether oxygens (including phenoxy) is 1. The van der Waals surface area contributed by atoms with E-state index in [1.54, 1.807) is 18.2 Å². The van der Waals surface area contributed by atoms with Crippen LogP contribution in [0.4, 0.5) is 9.52 Å². The van der Waals surface area contributed by atoms with Crippen molar-refractivity contribution in [2.24, 2.45) is 0 Å². The van der Waals surface area contributed by atoms with Crippen LogP contribution in [0, 0.1) is 5.82 Å². The van der Waals surface area contributed by atoms with E-state index in [9.17, 15) is 9.18 Å². The van der Waals surface area contributed by atoms with E-state index in [2.05, 4.69) is 15.5 Å². The van der Waals surface area contributed by atoms with Crippen molar-refractivity contribution in [2.45, 2.75) is 0 Å². The number of hydrogen-bond acceptors (Lipinski definition) is 5. The molecular formula is C22H16FN3O2S. The summed E-state index contributed by atoms with van der Waals surface area (Å²) in [5.41, 5.74) is 2.58. The minimum Gasteiger partial charge on any atom is -0.484 e. The summed E-state index contributed by atoms with van der Waals surface area (Å²) < 4.78 is 18.8. The molecule has 0 atom stereocenters. The van der Waals surface area contributed by atoms with Gasteiger partial charge in [0.05, 0.1) is 0 Å². The molecule has 1 aromatic heterocycles. The summed E-state index contributed by atoms with van der Waals surface area (Å²) >= 11 is 1.27. The second kappa shape index (κ2) is 8.62. The summed E-state index contributed by atoms with van der Waals surface area (Å²) in [7, 11) is 0. The molecule has 0 spiro atoms. The first kappa shape index (κ1) is 18.8. The average Bonchev–Trinajstić information content (AvgIpc) is 3.21. The number of anilines is 1. The Balaban J connectivity index is 1.39. The van der Waals surface area contributed by atoms with E-state index < -0.39 is 0 Å². The Morgan fingerprint density at radius 2 is 1.66 bits per heavy atom. The van der Waals surface area contributed by atoms with Crippen LogP contribution in [0.15, 0.2) is 78.9 Å². The van der Waals surface area contributed by atoms with Gasteiger partial charge >= 0.3 is 0 Å². The second-order valence-electron chi connectivity index (χ2n) is 6.15. The van der Waals surface area contributed by atoms with E-state index in [1.807, 2.05) is 48.5 Å². The van der Waals surface area contributed by atoms with Crippen LogP contribution in [0.3, 0.4) is 0 Å². The zero-order chi connectivity index (χ0) is 20.1. The molecule has 29 heavy (non-hydrogen) atoms. The predicted molar refractivity (Wildman–Crippen MR) is 111 cm³/mol. The minimum atomic E-state index is -0.307. The summed E-state index contributed by atoms with van der Waals surface area (Å²) in [4.78, 5) is 12.0. The number of rotatable bonds is 6. The van der Waals surface area contributed by atoms with Crippen LogP contribution < -0.4 is 10.1 Å². The van der Waals surface area contributed by atoms with Gasteiger partial charge in [0.25, 0.3) is 5.91 Å². The largest absolute Gasteiger partial charge is 0.484 e. The topological polar surface area (TPSA) is 64.1 Å². The van der Waals surface area contributed by atoms with Gasteiger partial charge in [-0.1, -0.05) is 65.9 Å². The number of carbonyl (C=O) groups excluding carboxylic acids is 1. The van der Waals surface area contributed by atoms with Crippen LogP contribution in [0.5, 0.6) is 5.75 Å². The Hall–Kier alpha value is -3.58. The monoisotopic (exact) mass is 405 g/mol. The molecule has 4 aromatic rings. The second-order valence-corrected chi connectivity index (χ2v) is 7.13. The molecule has 0 radical (unpaired) electrons. The Labute approximate surface area is 170 Å². The lowest BCUT2D eigenvalue weighted by atomic mass is 10.0. The highest BCUT2D eigenvalue weighted by Gasteiger charge is 2.11. The van der Waals surface area contributed by atoms with Gasteiger partial charge < -0.3 is 4.74 Å². The predicted octanol–water partition coefficient (Wildman–Crippen LogP) is 5.03. The standard InChI is InChI=1S/C22H16FN3O2S/c23-18-6-4-5-17(13-18)15-9-11-16(12-10-15)21-25-26-22(29-21)24-20(27)14-28-19-7-2-1-3-8-19/h1-13H,14H2,(H,24,26,27). The molecule has 0 saturated heterocycles. The van der Waals surface area contributed by atoms with E-state index in [0.717, 1.165) is 16.7 Å². The first-order valence-corrected chi connectivity index (χ1v) is 9.66. The number of aromatic nitrogens is 2. The van der Waals surface area contributed by atoms with Crippen LogP contribution in [-0.2, 0) is 4.79 Å². The summed E-state index contributed by atoms with van der Waals surface area (Å²) in [6.07, 6.45) is 0. The molecule has 3 aromatic carbocycles. The third-order valence-corrected chi connectivity index (χ3v) is 4.96. The maximum atomic E-state index is 13.4. The van der Waals surface area contributed by atoms with Crippen LogP contribution >= 0.6 is 11.3 Å². The molecule has 0 saturated carbocycles. The van der Waals surface area contributed by atoms with Crippen molar-refractivity contribution < 1.29 is 13.9 Å². The maximum Gasteiger partial charge on any atom is 0.264 e. The first-order valence-electron chi connectivity index (χ1n) is 8.85. The van der Waals surface area contributed by atoms with Crippen LogP contribution in [-0.4, -0.2) is 22.7 Å². The summed E-state index contributed by atoms with van der Waals surface area (Å²) in [5.74, 6) is 0.0457. The third kappa shape index (κ3) is 4.83. The Morgan fingerprint density at radius 3 is 2.41 bits per heavy atom. The molecule has 7 heteroatoms. The molecule has 0 bridgehead atoms. The van der Waals surface area contributed by atoms with Crippen molar-refractivity contribution in [3.05, 3.63) is 84.7 Å². The number of carbonyl (C=O) groups is 1. The highest BCUT2D eigenvalue weighted by Crippen LogP contribution is 2.29. The van der Waals surface area contributed by atoms with Gasteiger partial charge in [-0.05, 0) is 35.4 Å². The first-order chi connectivity index (χ1) is 14.2. The number of para-hydroxylation sites is 1. The van der Waals surface area contributed by atoms with E-state index in [1.165, 1.54) is 23.5 Å². The molecule has 0 fully saturated rings. The summed E-state index contributed by atoms with van der Waals surface area (Å²) in [6.45, 7) is -0.110. The van der Waals surface area contributed by atoms with Crippen molar-refractivity contribution in [1.29, 1.82) is 0 Å². The molecule has 1 amide bonds. The molecule has 0 aliphatic carbocycles. The normalized spacial score (nSPS) is 10.5. The van der Waals surface area contributed by atoms with Crippen molar-refractivity contribution >= 4 is 22.4 Å². The third-order valence-electron chi connectivity index (χ3n) is 4.07. The maximum absolute atomic E-state index is 13.4. The van der Waals surface area contributed by atoms with E-state index in [0.29, 0.717) is 15.9 Å². The Bertz CT molecular complexity index is 1110. The Kier molecular flexibility index (Phi) is 5.58. The van der Waals surface area contributed by atoms with Gasteiger partial charge in [-0.2, -0.15) is 0 Å². The number of nitrogens with one attached hydrogen (secondary N) is 1. The number of hydrogen-bond donors (Lipinski definition) is 1. The lowest BCUT2D eigenvalue weighted by Gasteiger charge is -2.04. The number of nitrogens with zero attached hydrogens (tertiary/aromatic N) is 2. The molecule has 5 nitrogen and oxygen atoms in total. The summed E-state index contributed by atoms with van der Waals surface area (Å²) in [5, 5.41) is 11.9. The molecule has 1 heterocycles. The van der Waals surface area contributed by atoms with Gasteiger partial charge in [-0.3, -0.25) is 10.1 Å². The number of benzene rings is 3. The summed E-state index contributed by atoms with van der Waals surface area (Å²) in [6, 6.07) is 23.1. The van der Waals surface area contributed by atoms with Gasteiger partial charge in [0, 0.05) is 5.56 Å². The zero-order valence-corrected chi connectivity index (χ0v) is 16.0. The molecular weight excluding hydrogens is 389 g/mol. The zero-order valence-electron chi connectivity index (χ0n) is 15.2. The van der Waals surface area contributed by atoms with E-state index in [4.69, 9.17) is 4.74 Å². The smallest absolute Gasteiger partial charge is 0.264 e. The van der Waals surface area contributed by atoms with Crippen LogP contribution in [0.25, 0.3) is 21.7 Å². The van der Waals surface area contributed by atoms with Crippen LogP contribution in [0.2, 0.25) is 0 Å².